The van der Waals surface area contributed by atoms with Crippen molar-refractivity contribution >= 4 is 39.0 Å². The Hall–Kier alpha value is 0.490. The highest BCUT2D eigenvalue weighted by Crippen LogP contribution is 2.21. The zero-order valence-corrected chi connectivity index (χ0v) is 12.5. The monoisotopic (exact) mass is 307 g/mol. The summed E-state index contributed by atoms with van der Waals surface area (Å²) in [5.41, 5.74) is 0. The molecule has 0 bridgehead atoms. The van der Waals surface area contributed by atoms with E-state index in [9.17, 15) is 0 Å². The molecule has 0 saturated heterocycles. The van der Waals surface area contributed by atoms with Gasteiger partial charge in [0.2, 0.25) is 0 Å². The minimum absolute atomic E-state index is 0.809. The predicted octanol–water partition coefficient (Wildman–Crippen LogP) is 3.99. The summed E-state index contributed by atoms with van der Waals surface area (Å²) in [6.07, 6.45) is 0. The van der Waals surface area contributed by atoms with Crippen molar-refractivity contribution in [2.24, 2.45) is 5.92 Å². The molecular formula is C11H18BrNS2. The van der Waals surface area contributed by atoms with Crippen LogP contribution in [-0.4, -0.2) is 18.1 Å². The van der Waals surface area contributed by atoms with E-state index in [1.165, 1.54) is 20.2 Å². The first-order chi connectivity index (χ1) is 7.18. The van der Waals surface area contributed by atoms with E-state index in [0.717, 1.165) is 19.0 Å². The van der Waals surface area contributed by atoms with Gasteiger partial charge in [0.05, 0.1) is 3.79 Å². The molecule has 1 aromatic rings. The fourth-order valence-corrected chi connectivity index (χ4v) is 3.50. The van der Waals surface area contributed by atoms with Gasteiger partial charge in [-0.25, -0.2) is 0 Å². The molecule has 0 aliphatic carbocycles. The SMILES string of the molecule is CC(C)CSCCNCc1ccc(Br)s1. The number of halogens is 1. The fourth-order valence-electron chi connectivity index (χ4n) is 1.12. The molecule has 0 saturated carbocycles. The Balaban J connectivity index is 1.98. The quantitative estimate of drug-likeness (QED) is 0.764. The summed E-state index contributed by atoms with van der Waals surface area (Å²) in [7, 11) is 0. The Kier molecular flexibility index (Phi) is 6.97. The Labute approximate surface area is 109 Å². The molecule has 0 spiro atoms. The number of thioether (sulfide) groups is 1. The van der Waals surface area contributed by atoms with Crippen LogP contribution in [0.3, 0.4) is 0 Å². The van der Waals surface area contributed by atoms with E-state index in [0.29, 0.717) is 0 Å². The van der Waals surface area contributed by atoms with Crippen molar-refractivity contribution in [3.8, 4) is 0 Å². The number of rotatable bonds is 7. The Bertz CT molecular complexity index is 273. The van der Waals surface area contributed by atoms with Crippen LogP contribution >= 0.6 is 39.0 Å². The molecule has 86 valence electrons. The Morgan fingerprint density at radius 1 is 1.47 bits per heavy atom. The zero-order chi connectivity index (χ0) is 11.1. The van der Waals surface area contributed by atoms with Crippen molar-refractivity contribution in [2.45, 2.75) is 20.4 Å². The van der Waals surface area contributed by atoms with Gasteiger partial charge in [-0.05, 0) is 39.7 Å². The maximum Gasteiger partial charge on any atom is 0.0701 e. The smallest absolute Gasteiger partial charge is 0.0701 e. The van der Waals surface area contributed by atoms with Crippen molar-refractivity contribution < 1.29 is 0 Å². The van der Waals surface area contributed by atoms with Crippen LogP contribution in [0.25, 0.3) is 0 Å². The van der Waals surface area contributed by atoms with Crippen molar-refractivity contribution in [3.63, 3.8) is 0 Å². The van der Waals surface area contributed by atoms with Crippen LogP contribution in [0.4, 0.5) is 0 Å². The van der Waals surface area contributed by atoms with Gasteiger partial charge in [0, 0.05) is 23.7 Å². The van der Waals surface area contributed by atoms with Crippen LogP contribution in [0.2, 0.25) is 0 Å². The van der Waals surface area contributed by atoms with Gasteiger partial charge in [-0.3, -0.25) is 0 Å². The van der Waals surface area contributed by atoms with Crippen LogP contribution in [0.5, 0.6) is 0 Å². The van der Waals surface area contributed by atoms with E-state index in [4.69, 9.17) is 0 Å². The zero-order valence-electron chi connectivity index (χ0n) is 9.25. The van der Waals surface area contributed by atoms with Gasteiger partial charge in [-0.15, -0.1) is 11.3 Å². The molecule has 0 fully saturated rings. The lowest BCUT2D eigenvalue weighted by Gasteiger charge is -2.05. The predicted molar refractivity (Wildman–Crippen MR) is 75.9 cm³/mol. The molecule has 0 aromatic carbocycles. The summed E-state index contributed by atoms with van der Waals surface area (Å²) in [6, 6.07) is 4.28. The van der Waals surface area contributed by atoms with Gasteiger partial charge in [-0.2, -0.15) is 11.8 Å². The molecule has 1 nitrogen and oxygen atoms in total. The van der Waals surface area contributed by atoms with Crippen molar-refractivity contribution in [2.75, 3.05) is 18.1 Å². The molecule has 0 amide bonds. The molecule has 0 radical (unpaired) electrons. The minimum atomic E-state index is 0.809. The highest BCUT2D eigenvalue weighted by Gasteiger charge is 1.97. The molecule has 1 heterocycles. The van der Waals surface area contributed by atoms with E-state index < -0.39 is 0 Å². The second-order valence-corrected chi connectivity index (χ2v) is 7.55. The average molecular weight is 308 g/mol. The lowest BCUT2D eigenvalue weighted by molar-refractivity contribution is 0.732. The van der Waals surface area contributed by atoms with Crippen LogP contribution < -0.4 is 5.32 Å². The van der Waals surface area contributed by atoms with Gasteiger partial charge < -0.3 is 5.32 Å². The van der Waals surface area contributed by atoms with Crippen molar-refractivity contribution in [1.29, 1.82) is 0 Å². The molecule has 0 aliphatic heterocycles. The van der Waals surface area contributed by atoms with Gasteiger partial charge >= 0.3 is 0 Å². The highest BCUT2D eigenvalue weighted by molar-refractivity contribution is 9.11. The average Bonchev–Trinajstić information content (AvgIpc) is 2.57. The number of hydrogen-bond donors (Lipinski definition) is 1. The van der Waals surface area contributed by atoms with Crippen molar-refractivity contribution in [1.82, 2.24) is 5.32 Å². The summed E-state index contributed by atoms with van der Waals surface area (Å²) in [4.78, 5) is 1.40. The molecular weight excluding hydrogens is 290 g/mol. The van der Waals surface area contributed by atoms with Crippen LogP contribution in [0, 0.1) is 5.92 Å². The summed E-state index contributed by atoms with van der Waals surface area (Å²) < 4.78 is 1.22. The molecule has 1 rings (SSSR count). The first-order valence-corrected chi connectivity index (χ1v) is 7.97. The third-order valence-corrected chi connectivity index (χ3v) is 4.82. The Morgan fingerprint density at radius 3 is 2.87 bits per heavy atom. The molecule has 4 heteroatoms. The first-order valence-electron chi connectivity index (χ1n) is 5.21. The van der Waals surface area contributed by atoms with E-state index in [2.05, 4.69) is 47.2 Å². The third-order valence-electron chi connectivity index (χ3n) is 1.80. The summed E-state index contributed by atoms with van der Waals surface area (Å²) >= 11 is 7.31. The van der Waals surface area contributed by atoms with Gasteiger partial charge in [0.1, 0.15) is 0 Å². The lowest BCUT2D eigenvalue weighted by atomic mass is 10.3. The molecule has 15 heavy (non-hydrogen) atoms. The maximum atomic E-state index is 3.47. The molecule has 0 unspecified atom stereocenters. The molecule has 0 atom stereocenters. The fraction of sp³-hybridized carbons (Fsp3) is 0.636. The minimum Gasteiger partial charge on any atom is -0.311 e. The maximum absolute atomic E-state index is 3.47. The normalized spacial score (nSPS) is 11.2. The van der Waals surface area contributed by atoms with Crippen LogP contribution in [0.1, 0.15) is 18.7 Å². The van der Waals surface area contributed by atoms with Crippen LogP contribution in [0.15, 0.2) is 15.9 Å². The molecule has 0 aliphatic rings. The van der Waals surface area contributed by atoms with E-state index in [-0.39, 0.29) is 0 Å². The molecule has 1 aromatic heterocycles. The van der Waals surface area contributed by atoms with Gasteiger partial charge in [-0.1, -0.05) is 13.8 Å². The number of thiophene rings is 1. The third kappa shape index (κ3) is 6.61. The topological polar surface area (TPSA) is 12.0 Å². The Morgan fingerprint density at radius 2 is 2.27 bits per heavy atom. The summed E-state index contributed by atoms with van der Waals surface area (Å²) in [5.74, 6) is 3.29. The first kappa shape index (κ1) is 13.6. The largest absolute Gasteiger partial charge is 0.311 e. The standard InChI is InChI=1S/C11H18BrNS2/c1-9(2)8-14-6-5-13-7-10-3-4-11(12)15-10/h3-4,9,13H,5-8H2,1-2H3. The molecule has 1 N–H and O–H groups in total. The van der Waals surface area contributed by atoms with E-state index in [1.54, 1.807) is 11.3 Å². The van der Waals surface area contributed by atoms with E-state index in [1.807, 2.05) is 11.8 Å². The second-order valence-electron chi connectivity index (χ2n) is 3.85. The lowest BCUT2D eigenvalue weighted by Crippen LogP contribution is -2.16. The van der Waals surface area contributed by atoms with Gasteiger partial charge in [0.25, 0.3) is 0 Å². The summed E-state index contributed by atoms with van der Waals surface area (Å²) in [6.45, 7) is 6.64. The highest BCUT2D eigenvalue weighted by atomic mass is 79.9. The van der Waals surface area contributed by atoms with E-state index >= 15 is 0 Å². The van der Waals surface area contributed by atoms with Crippen molar-refractivity contribution in [3.05, 3.63) is 20.8 Å². The van der Waals surface area contributed by atoms with Gasteiger partial charge in [0.15, 0.2) is 0 Å². The summed E-state index contributed by atoms with van der Waals surface area (Å²) in [5, 5.41) is 3.46. The number of hydrogen-bond acceptors (Lipinski definition) is 3. The number of nitrogens with one attached hydrogen (secondary N) is 1. The van der Waals surface area contributed by atoms with Crippen LogP contribution in [-0.2, 0) is 6.54 Å². The second kappa shape index (κ2) is 7.71.